The zero-order chi connectivity index (χ0) is 17.2. The Bertz CT molecular complexity index is 551. The lowest BCUT2D eigenvalue weighted by Gasteiger charge is -2.16. The van der Waals surface area contributed by atoms with E-state index in [1.807, 2.05) is 6.92 Å². The van der Waals surface area contributed by atoms with E-state index in [-0.39, 0.29) is 19.1 Å². The molecule has 0 bridgehead atoms. The number of carbonyl (C=O) groups is 1. The summed E-state index contributed by atoms with van der Waals surface area (Å²) < 4.78 is 5.27. The van der Waals surface area contributed by atoms with Gasteiger partial charge >= 0.3 is 0 Å². The van der Waals surface area contributed by atoms with Crippen molar-refractivity contribution in [3.63, 3.8) is 0 Å². The Morgan fingerprint density at radius 3 is 2.57 bits per heavy atom. The summed E-state index contributed by atoms with van der Waals surface area (Å²) in [5.41, 5.74) is 2.93. The summed E-state index contributed by atoms with van der Waals surface area (Å²) >= 11 is 0. The molecular weight excluding hydrogens is 298 g/mol. The molecule has 0 aliphatic carbocycles. The fourth-order valence-electron chi connectivity index (χ4n) is 1.92. The highest BCUT2D eigenvalue weighted by Crippen LogP contribution is 2.25. The highest BCUT2D eigenvalue weighted by Gasteiger charge is 2.13. The predicted molar refractivity (Wildman–Crippen MR) is 86.0 cm³/mol. The molecule has 1 aromatic carbocycles. The zero-order valence-corrected chi connectivity index (χ0v) is 13.3. The molecule has 0 radical (unpaired) electrons. The number of allylic oxidation sites excluding steroid dienone is 2. The molecule has 0 aromatic heterocycles. The lowest BCUT2D eigenvalue weighted by molar-refractivity contribution is -0.124. The third-order valence-corrected chi connectivity index (χ3v) is 3.21. The van der Waals surface area contributed by atoms with E-state index in [0.717, 1.165) is 5.56 Å². The summed E-state index contributed by atoms with van der Waals surface area (Å²) in [6.07, 6.45) is 4.06. The molecule has 0 aliphatic heterocycles. The van der Waals surface area contributed by atoms with Gasteiger partial charge in [0.05, 0.1) is 12.7 Å². The van der Waals surface area contributed by atoms with E-state index in [2.05, 4.69) is 0 Å². The van der Waals surface area contributed by atoms with Crippen molar-refractivity contribution in [3.8, 4) is 5.75 Å². The third kappa shape index (κ3) is 6.65. The Kier molecular flexibility index (Phi) is 8.04. The number of hydroxylamine groups is 1. The van der Waals surface area contributed by atoms with E-state index in [1.165, 1.54) is 11.6 Å². The number of hydrogen-bond donors (Lipinski definition) is 4. The maximum absolute atomic E-state index is 11.0. The largest absolute Gasteiger partial charge is 0.491 e. The highest BCUT2D eigenvalue weighted by atomic mass is 16.5. The van der Waals surface area contributed by atoms with Crippen LogP contribution in [0, 0.1) is 5.92 Å². The molecule has 1 aromatic rings. The van der Waals surface area contributed by atoms with Crippen LogP contribution in [-0.2, 0) is 4.79 Å². The average Bonchev–Trinajstić information content (AvgIpc) is 2.57. The second-order valence-corrected chi connectivity index (χ2v) is 5.17. The molecule has 23 heavy (non-hydrogen) atoms. The van der Waals surface area contributed by atoms with Crippen LogP contribution in [0.1, 0.15) is 25.5 Å². The van der Waals surface area contributed by atoms with E-state index >= 15 is 0 Å². The molecule has 0 fully saturated rings. The first-order valence-corrected chi connectivity index (χ1v) is 7.30. The summed E-state index contributed by atoms with van der Waals surface area (Å²) in [6, 6.07) is 7.01. The SMILES string of the molecule is CC(/C=C/[C@@H](C)[C@@H](O)c1ccc(OCCO)cc1)=C\C(=O)NO. The van der Waals surface area contributed by atoms with Gasteiger partial charge in [-0.2, -0.15) is 0 Å². The van der Waals surface area contributed by atoms with Crippen molar-refractivity contribution >= 4 is 5.91 Å². The maximum atomic E-state index is 11.0. The van der Waals surface area contributed by atoms with Crippen molar-refractivity contribution in [1.29, 1.82) is 0 Å². The topological polar surface area (TPSA) is 99.0 Å². The zero-order valence-electron chi connectivity index (χ0n) is 13.3. The Labute approximate surface area is 135 Å². The van der Waals surface area contributed by atoms with Crippen molar-refractivity contribution in [2.24, 2.45) is 5.92 Å². The first-order chi connectivity index (χ1) is 11.0. The van der Waals surface area contributed by atoms with Gasteiger partial charge in [-0.25, -0.2) is 5.48 Å². The van der Waals surface area contributed by atoms with Gasteiger partial charge in [-0.05, 0) is 30.2 Å². The van der Waals surface area contributed by atoms with Crippen LogP contribution in [0.4, 0.5) is 0 Å². The van der Waals surface area contributed by atoms with E-state index in [1.54, 1.807) is 43.3 Å². The molecule has 0 spiro atoms. The summed E-state index contributed by atoms with van der Waals surface area (Å²) in [4.78, 5) is 11.0. The van der Waals surface area contributed by atoms with Crippen molar-refractivity contribution in [2.75, 3.05) is 13.2 Å². The molecular formula is C17H23NO5. The number of aliphatic hydroxyl groups is 2. The highest BCUT2D eigenvalue weighted by molar-refractivity contribution is 5.87. The van der Waals surface area contributed by atoms with E-state index in [0.29, 0.717) is 11.3 Å². The van der Waals surface area contributed by atoms with Gasteiger partial charge in [0.25, 0.3) is 5.91 Å². The van der Waals surface area contributed by atoms with Crippen molar-refractivity contribution < 1.29 is 25.0 Å². The Morgan fingerprint density at radius 2 is 2.00 bits per heavy atom. The molecule has 6 heteroatoms. The molecule has 0 unspecified atom stereocenters. The summed E-state index contributed by atoms with van der Waals surface area (Å²) in [7, 11) is 0. The molecule has 6 nitrogen and oxygen atoms in total. The number of hydrogen-bond acceptors (Lipinski definition) is 5. The maximum Gasteiger partial charge on any atom is 0.267 e. The average molecular weight is 321 g/mol. The smallest absolute Gasteiger partial charge is 0.267 e. The van der Waals surface area contributed by atoms with E-state index in [4.69, 9.17) is 15.1 Å². The lowest BCUT2D eigenvalue weighted by atomic mass is 9.96. The van der Waals surface area contributed by atoms with Crippen LogP contribution in [0.2, 0.25) is 0 Å². The molecule has 0 heterocycles. The number of nitrogens with one attached hydrogen (secondary N) is 1. The molecule has 0 saturated carbocycles. The van der Waals surface area contributed by atoms with Crippen molar-refractivity contribution in [2.45, 2.75) is 20.0 Å². The van der Waals surface area contributed by atoms with Crippen LogP contribution >= 0.6 is 0 Å². The molecule has 0 aliphatic rings. The minimum Gasteiger partial charge on any atom is -0.491 e. The number of carbonyl (C=O) groups excluding carboxylic acids is 1. The predicted octanol–water partition coefficient (Wildman–Crippen LogP) is 1.74. The minimum atomic E-state index is -0.697. The second kappa shape index (κ2) is 9.78. The second-order valence-electron chi connectivity index (χ2n) is 5.17. The van der Waals surface area contributed by atoms with Crippen LogP contribution in [0.25, 0.3) is 0 Å². The third-order valence-electron chi connectivity index (χ3n) is 3.21. The van der Waals surface area contributed by atoms with Crippen molar-refractivity contribution in [1.82, 2.24) is 5.48 Å². The van der Waals surface area contributed by atoms with Gasteiger partial charge in [-0.3, -0.25) is 10.0 Å². The van der Waals surface area contributed by atoms with Gasteiger partial charge in [0.1, 0.15) is 12.4 Å². The van der Waals surface area contributed by atoms with Crippen LogP contribution in [0.15, 0.2) is 48.1 Å². The standard InChI is InChI=1S/C17H23NO5/c1-12(11-16(20)18-22)3-4-13(2)17(21)14-5-7-15(8-6-14)23-10-9-19/h3-8,11,13,17,19,21-22H,9-10H2,1-2H3,(H,18,20)/b4-3+,12-11+/t13-,17-/m1/s1. The monoisotopic (exact) mass is 321 g/mol. The van der Waals surface area contributed by atoms with Gasteiger partial charge in [-0.1, -0.05) is 31.2 Å². The number of aliphatic hydroxyl groups excluding tert-OH is 2. The molecule has 1 rings (SSSR count). The number of ether oxygens (including phenoxy) is 1. The molecule has 0 saturated heterocycles. The number of rotatable bonds is 8. The lowest BCUT2D eigenvalue weighted by Crippen LogP contribution is -2.15. The van der Waals surface area contributed by atoms with Crippen molar-refractivity contribution in [3.05, 3.63) is 53.6 Å². The van der Waals surface area contributed by atoms with Gasteiger partial charge < -0.3 is 14.9 Å². The van der Waals surface area contributed by atoms with Crippen LogP contribution in [0.3, 0.4) is 0 Å². The fraction of sp³-hybridized carbons (Fsp3) is 0.353. The first-order valence-electron chi connectivity index (χ1n) is 7.30. The van der Waals surface area contributed by atoms with Gasteiger partial charge in [0.2, 0.25) is 0 Å². The Balaban J connectivity index is 2.67. The molecule has 1 amide bonds. The molecule has 4 N–H and O–H groups in total. The number of benzene rings is 1. The number of amides is 1. The van der Waals surface area contributed by atoms with E-state index in [9.17, 15) is 9.90 Å². The summed E-state index contributed by atoms with van der Waals surface area (Å²) in [6.45, 7) is 3.76. The Hall–Kier alpha value is -2.15. The normalized spacial score (nSPS) is 14.6. The Morgan fingerprint density at radius 1 is 1.35 bits per heavy atom. The van der Waals surface area contributed by atoms with Crippen LogP contribution in [0.5, 0.6) is 5.75 Å². The molecule has 2 atom stereocenters. The quantitative estimate of drug-likeness (QED) is 0.253. The first kappa shape index (κ1) is 18.9. The van der Waals surface area contributed by atoms with Crippen LogP contribution in [-0.4, -0.2) is 34.5 Å². The summed E-state index contributed by atoms with van der Waals surface area (Å²) in [5.74, 6) is -0.134. The molecule has 126 valence electrons. The minimum absolute atomic E-state index is 0.0482. The summed E-state index contributed by atoms with van der Waals surface area (Å²) in [5, 5.41) is 27.5. The van der Waals surface area contributed by atoms with Gasteiger partial charge in [-0.15, -0.1) is 0 Å². The van der Waals surface area contributed by atoms with Gasteiger partial charge in [0.15, 0.2) is 0 Å². The van der Waals surface area contributed by atoms with Gasteiger partial charge in [0, 0.05) is 12.0 Å². The van der Waals surface area contributed by atoms with E-state index < -0.39 is 12.0 Å². The van der Waals surface area contributed by atoms with Crippen LogP contribution < -0.4 is 10.2 Å². The fourth-order valence-corrected chi connectivity index (χ4v) is 1.92.